The van der Waals surface area contributed by atoms with Gasteiger partial charge in [0, 0.05) is 3.92 Å². The van der Waals surface area contributed by atoms with E-state index in [-0.39, 0.29) is 0 Å². The van der Waals surface area contributed by atoms with Gasteiger partial charge in [-0.1, -0.05) is 46.4 Å². The van der Waals surface area contributed by atoms with E-state index in [0.717, 1.165) is 6.42 Å². The van der Waals surface area contributed by atoms with Crippen LogP contribution in [0.1, 0.15) is 13.3 Å². The molecule has 44 valence electrons. The molecule has 1 aliphatic carbocycles. The van der Waals surface area contributed by atoms with Crippen molar-refractivity contribution in [2.24, 2.45) is 0 Å². The van der Waals surface area contributed by atoms with Gasteiger partial charge in [0.2, 0.25) is 0 Å². The summed E-state index contributed by atoms with van der Waals surface area (Å²) in [6.45, 7) is 2.18. The Morgan fingerprint density at radius 3 is 2.88 bits per heavy atom. The lowest BCUT2D eigenvalue weighted by Gasteiger charge is -2.07. The number of alkyl halides is 1. The number of hydrogen-bond donors (Lipinski definition) is 0. The summed E-state index contributed by atoms with van der Waals surface area (Å²) in [5, 5.41) is 0. The van der Waals surface area contributed by atoms with Gasteiger partial charge in [0.15, 0.2) is 0 Å². The van der Waals surface area contributed by atoms with Crippen LogP contribution in [-0.4, -0.2) is 3.92 Å². The first-order chi connectivity index (χ1) is 3.80. The summed E-state index contributed by atoms with van der Waals surface area (Å²) in [6, 6.07) is 0. The van der Waals surface area contributed by atoms with Crippen LogP contribution in [-0.2, 0) is 0 Å². The molecule has 0 aromatic rings. The van der Waals surface area contributed by atoms with Crippen molar-refractivity contribution in [3.05, 3.63) is 23.8 Å². The maximum absolute atomic E-state index is 2.43. The van der Waals surface area contributed by atoms with Gasteiger partial charge in [-0.25, -0.2) is 0 Å². The van der Waals surface area contributed by atoms with E-state index >= 15 is 0 Å². The van der Waals surface area contributed by atoms with Crippen molar-refractivity contribution in [1.29, 1.82) is 0 Å². The lowest BCUT2D eigenvalue weighted by Crippen LogP contribution is -1.96. The molecular formula is C7H9I. The van der Waals surface area contributed by atoms with Crippen LogP contribution in [0.3, 0.4) is 0 Å². The average Bonchev–Trinajstić information content (AvgIpc) is 1.77. The van der Waals surface area contributed by atoms with Gasteiger partial charge < -0.3 is 0 Å². The SMILES string of the molecule is CC1=CCC=CC1I. The Labute approximate surface area is 63.8 Å². The van der Waals surface area contributed by atoms with Crippen LogP contribution in [0.25, 0.3) is 0 Å². The van der Waals surface area contributed by atoms with Crippen LogP contribution in [0, 0.1) is 0 Å². The molecule has 0 fully saturated rings. The van der Waals surface area contributed by atoms with Gasteiger partial charge in [0.1, 0.15) is 0 Å². The van der Waals surface area contributed by atoms with Gasteiger partial charge >= 0.3 is 0 Å². The van der Waals surface area contributed by atoms with Crippen LogP contribution >= 0.6 is 22.6 Å². The maximum atomic E-state index is 2.43. The van der Waals surface area contributed by atoms with Gasteiger partial charge in [0.25, 0.3) is 0 Å². The highest BCUT2D eigenvalue weighted by molar-refractivity contribution is 14.1. The zero-order chi connectivity index (χ0) is 5.98. The van der Waals surface area contributed by atoms with Crippen molar-refractivity contribution >= 4 is 22.6 Å². The van der Waals surface area contributed by atoms with Gasteiger partial charge in [-0.05, 0) is 13.3 Å². The van der Waals surface area contributed by atoms with E-state index in [2.05, 4.69) is 47.7 Å². The smallest absolute Gasteiger partial charge is 0.0496 e. The number of halogens is 1. The largest absolute Gasteiger partial charge is 0.0834 e. The molecule has 0 heterocycles. The summed E-state index contributed by atoms with van der Waals surface area (Å²) in [5.41, 5.74) is 1.49. The molecule has 0 aromatic carbocycles. The predicted octanol–water partition coefficient (Wildman–Crippen LogP) is 2.70. The third-order valence-corrected chi connectivity index (χ3v) is 2.71. The second-order valence-electron chi connectivity index (χ2n) is 2.01. The summed E-state index contributed by atoms with van der Waals surface area (Å²) >= 11 is 2.43. The van der Waals surface area contributed by atoms with E-state index in [1.807, 2.05) is 0 Å². The minimum Gasteiger partial charge on any atom is -0.0834 e. The minimum absolute atomic E-state index is 0.654. The predicted molar refractivity (Wildman–Crippen MR) is 45.3 cm³/mol. The van der Waals surface area contributed by atoms with E-state index < -0.39 is 0 Å². The van der Waals surface area contributed by atoms with Crippen LogP contribution in [0.5, 0.6) is 0 Å². The van der Waals surface area contributed by atoms with Gasteiger partial charge in [-0.2, -0.15) is 0 Å². The molecular weight excluding hydrogens is 211 g/mol. The lowest BCUT2D eigenvalue weighted by molar-refractivity contribution is 1.16. The van der Waals surface area contributed by atoms with E-state index in [4.69, 9.17) is 0 Å². The van der Waals surface area contributed by atoms with Crippen molar-refractivity contribution < 1.29 is 0 Å². The standard InChI is InChI=1S/C7H9I/c1-6-4-2-3-5-7(6)8/h3-5,7H,2H2,1H3. The molecule has 1 heteroatoms. The van der Waals surface area contributed by atoms with E-state index in [1.165, 1.54) is 5.57 Å². The second kappa shape index (κ2) is 2.67. The van der Waals surface area contributed by atoms with E-state index in [1.54, 1.807) is 0 Å². The molecule has 0 N–H and O–H groups in total. The summed E-state index contributed by atoms with van der Waals surface area (Å²) in [7, 11) is 0. The third kappa shape index (κ3) is 1.34. The molecule has 0 amide bonds. The molecule has 0 spiro atoms. The molecule has 0 radical (unpaired) electrons. The van der Waals surface area contributed by atoms with Crippen LogP contribution in [0.4, 0.5) is 0 Å². The highest BCUT2D eigenvalue weighted by Gasteiger charge is 2.02. The summed E-state index contributed by atoms with van der Waals surface area (Å²) in [4.78, 5) is 0. The first-order valence-corrected chi connectivity index (χ1v) is 4.02. The van der Waals surface area contributed by atoms with Crippen molar-refractivity contribution in [2.45, 2.75) is 17.3 Å². The normalized spacial score (nSPS) is 27.8. The first kappa shape index (κ1) is 6.33. The zero-order valence-corrected chi connectivity index (χ0v) is 7.05. The highest BCUT2D eigenvalue weighted by atomic mass is 127. The Bertz CT molecular complexity index is 133. The maximum Gasteiger partial charge on any atom is 0.0496 e. The van der Waals surface area contributed by atoms with Crippen molar-refractivity contribution in [2.75, 3.05) is 0 Å². The van der Waals surface area contributed by atoms with Gasteiger partial charge in [0.05, 0.1) is 0 Å². The summed E-state index contributed by atoms with van der Waals surface area (Å²) in [5.74, 6) is 0. The quantitative estimate of drug-likeness (QED) is 0.334. The molecule has 0 aliphatic heterocycles. The Kier molecular flexibility index (Phi) is 2.11. The second-order valence-corrected chi connectivity index (χ2v) is 3.36. The monoisotopic (exact) mass is 220 g/mol. The van der Waals surface area contributed by atoms with Gasteiger partial charge in [-0.3, -0.25) is 0 Å². The molecule has 0 saturated heterocycles. The van der Waals surface area contributed by atoms with Gasteiger partial charge in [-0.15, -0.1) is 0 Å². The fourth-order valence-electron chi connectivity index (χ4n) is 0.716. The Balaban J connectivity index is 2.63. The van der Waals surface area contributed by atoms with Crippen LogP contribution < -0.4 is 0 Å². The van der Waals surface area contributed by atoms with Crippen LogP contribution in [0.2, 0.25) is 0 Å². The molecule has 1 aliphatic rings. The molecule has 0 saturated carbocycles. The zero-order valence-electron chi connectivity index (χ0n) is 4.89. The fourth-order valence-corrected chi connectivity index (χ4v) is 1.26. The van der Waals surface area contributed by atoms with Crippen molar-refractivity contribution in [3.8, 4) is 0 Å². The lowest BCUT2D eigenvalue weighted by atomic mass is 10.1. The summed E-state index contributed by atoms with van der Waals surface area (Å²) in [6.07, 6.45) is 7.86. The first-order valence-electron chi connectivity index (χ1n) is 2.78. The molecule has 0 bridgehead atoms. The fraction of sp³-hybridized carbons (Fsp3) is 0.429. The Morgan fingerprint density at radius 2 is 2.50 bits per heavy atom. The highest BCUT2D eigenvalue weighted by Crippen LogP contribution is 2.18. The third-order valence-electron chi connectivity index (χ3n) is 1.32. The molecule has 8 heavy (non-hydrogen) atoms. The number of rotatable bonds is 0. The van der Waals surface area contributed by atoms with Crippen LogP contribution in [0.15, 0.2) is 23.8 Å². The molecule has 0 aromatic heterocycles. The van der Waals surface area contributed by atoms with E-state index in [0.29, 0.717) is 3.92 Å². The molecule has 1 atom stereocenters. The number of hydrogen-bond acceptors (Lipinski definition) is 0. The average molecular weight is 220 g/mol. The topological polar surface area (TPSA) is 0 Å². The van der Waals surface area contributed by atoms with Crippen molar-refractivity contribution in [3.63, 3.8) is 0 Å². The Hall–Kier alpha value is 0.210. The molecule has 1 rings (SSSR count). The molecule has 1 unspecified atom stereocenters. The molecule has 0 nitrogen and oxygen atoms in total. The number of allylic oxidation sites excluding steroid dienone is 4. The van der Waals surface area contributed by atoms with E-state index in [9.17, 15) is 0 Å². The van der Waals surface area contributed by atoms with Crippen molar-refractivity contribution in [1.82, 2.24) is 0 Å². The minimum atomic E-state index is 0.654. The summed E-state index contributed by atoms with van der Waals surface area (Å²) < 4.78 is 0.654. The Morgan fingerprint density at radius 1 is 1.75 bits per heavy atom.